The van der Waals surface area contributed by atoms with Crippen molar-refractivity contribution in [1.82, 2.24) is 9.55 Å². The third-order valence-corrected chi connectivity index (χ3v) is 9.04. The van der Waals surface area contributed by atoms with Gasteiger partial charge in [-0.15, -0.1) is 11.3 Å². The molecule has 39 heavy (non-hydrogen) atoms. The predicted octanol–water partition coefficient (Wildman–Crippen LogP) is 5.29. The zero-order chi connectivity index (χ0) is 27.1. The Morgan fingerprint density at radius 3 is 2.72 bits per heavy atom. The van der Waals surface area contributed by atoms with Gasteiger partial charge in [-0.05, 0) is 67.6 Å². The number of carbonyl (C=O) groups excluding carboxylic acids is 1. The summed E-state index contributed by atoms with van der Waals surface area (Å²) in [6.45, 7) is 3.59. The highest BCUT2D eigenvalue weighted by Gasteiger charge is 2.33. The molecule has 0 radical (unpaired) electrons. The molecule has 0 spiro atoms. The summed E-state index contributed by atoms with van der Waals surface area (Å²) in [5, 5.41) is 0.651. The molecule has 2 aromatic carbocycles. The van der Waals surface area contributed by atoms with Crippen molar-refractivity contribution in [1.29, 1.82) is 0 Å². The number of fused-ring (bicyclic) bond motifs is 2. The van der Waals surface area contributed by atoms with E-state index in [1.165, 1.54) is 39.8 Å². The second-order valence-electron chi connectivity index (χ2n) is 8.56. The summed E-state index contributed by atoms with van der Waals surface area (Å²) >= 11 is 4.20. The number of ether oxygens (including phenoxy) is 1. The van der Waals surface area contributed by atoms with Crippen LogP contribution >= 0.6 is 34.4 Å². The molecule has 7 nitrogen and oxygen atoms in total. The highest BCUT2D eigenvalue weighted by molar-refractivity contribution is 8.01. The van der Waals surface area contributed by atoms with E-state index in [1.807, 2.05) is 30.3 Å². The van der Waals surface area contributed by atoms with Crippen molar-refractivity contribution in [2.75, 3.05) is 6.61 Å². The summed E-state index contributed by atoms with van der Waals surface area (Å²) < 4.78 is 28.8. The first kappa shape index (κ1) is 25.5. The number of furan rings is 1. The summed E-state index contributed by atoms with van der Waals surface area (Å²) in [6.07, 6.45) is 1.66. The van der Waals surface area contributed by atoms with E-state index in [1.54, 1.807) is 49.5 Å². The van der Waals surface area contributed by atoms with Gasteiger partial charge in [0.2, 0.25) is 0 Å². The lowest BCUT2D eigenvalue weighted by Crippen LogP contribution is -2.39. The van der Waals surface area contributed by atoms with Crippen molar-refractivity contribution in [3.8, 4) is 0 Å². The first-order valence-corrected chi connectivity index (χ1v) is 14.4. The highest BCUT2D eigenvalue weighted by Crippen LogP contribution is 2.35. The Labute approximate surface area is 233 Å². The SMILES string of the molecule is CCOC(=O)C1=C(C)N=c2s/c(=C/c3ccc(Sc4nc5ccccc5s4)o3)c(=O)n2[C@H]1c1ccc(F)cc1. The maximum atomic E-state index is 13.7. The van der Waals surface area contributed by atoms with Crippen LogP contribution in [0.15, 0.2) is 95.6 Å². The van der Waals surface area contributed by atoms with Crippen molar-refractivity contribution >= 4 is 56.7 Å². The Balaban J connectivity index is 1.39. The minimum Gasteiger partial charge on any atom is -0.463 e. The number of thiazole rings is 2. The molecule has 196 valence electrons. The molecule has 0 aliphatic carbocycles. The lowest BCUT2D eigenvalue weighted by molar-refractivity contribution is -0.139. The molecule has 1 atom stereocenters. The fourth-order valence-corrected chi connectivity index (χ4v) is 7.32. The molecular weight excluding hydrogens is 558 g/mol. The second-order valence-corrected chi connectivity index (χ2v) is 11.9. The van der Waals surface area contributed by atoms with Crippen LogP contribution in [0, 0.1) is 5.82 Å². The van der Waals surface area contributed by atoms with Crippen LogP contribution in [0.5, 0.6) is 0 Å². The van der Waals surface area contributed by atoms with Crippen LogP contribution in [0.25, 0.3) is 16.3 Å². The lowest BCUT2D eigenvalue weighted by Gasteiger charge is -2.24. The first-order valence-electron chi connectivity index (χ1n) is 12.0. The van der Waals surface area contributed by atoms with E-state index < -0.39 is 17.8 Å². The van der Waals surface area contributed by atoms with Crippen LogP contribution in [0.4, 0.5) is 4.39 Å². The summed E-state index contributed by atoms with van der Waals surface area (Å²) in [4.78, 5) is 36.2. The Morgan fingerprint density at radius 1 is 1.15 bits per heavy atom. The van der Waals surface area contributed by atoms with Crippen molar-refractivity contribution in [2.45, 2.75) is 29.3 Å². The predicted molar refractivity (Wildman–Crippen MR) is 149 cm³/mol. The third-order valence-electron chi connectivity index (χ3n) is 6.04. The smallest absolute Gasteiger partial charge is 0.338 e. The van der Waals surface area contributed by atoms with Crippen LogP contribution in [0.1, 0.15) is 31.2 Å². The number of esters is 1. The number of halogens is 1. The number of hydrogen-bond acceptors (Lipinski definition) is 9. The van der Waals surface area contributed by atoms with Crippen molar-refractivity contribution in [3.63, 3.8) is 0 Å². The highest BCUT2D eigenvalue weighted by atomic mass is 32.2. The first-order chi connectivity index (χ1) is 18.9. The average molecular weight is 578 g/mol. The number of aromatic nitrogens is 2. The quantitative estimate of drug-likeness (QED) is 0.255. The molecule has 0 unspecified atom stereocenters. The lowest BCUT2D eigenvalue weighted by atomic mass is 9.96. The largest absolute Gasteiger partial charge is 0.463 e. The standard InChI is InChI=1S/C28H20FN3O4S3/c1-3-35-26(34)23-15(2)30-27-32(24(23)16-8-10-17(29)11-9-16)25(33)21(37-27)14-18-12-13-22(36-18)39-28-31-19-6-4-5-7-20(19)38-28/h4-14,24H,3H2,1-2H3/b21-14+/t24-/m0/s1. The van der Waals surface area contributed by atoms with E-state index in [-0.39, 0.29) is 17.7 Å². The maximum absolute atomic E-state index is 13.7. The maximum Gasteiger partial charge on any atom is 0.338 e. The Hall–Kier alpha value is -3.80. The monoisotopic (exact) mass is 577 g/mol. The van der Waals surface area contributed by atoms with Crippen molar-refractivity contribution in [2.24, 2.45) is 4.99 Å². The summed E-state index contributed by atoms with van der Waals surface area (Å²) in [5.41, 5.74) is 1.87. The molecular formula is C28H20FN3O4S3. The van der Waals surface area contributed by atoms with Gasteiger partial charge in [0.05, 0.1) is 38.7 Å². The van der Waals surface area contributed by atoms with Gasteiger partial charge in [-0.25, -0.2) is 19.2 Å². The minimum absolute atomic E-state index is 0.173. The molecule has 0 amide bonds. The van der Waals surface area contributed by atoms with Crippen LogP contribution in [-0.2, 0) is 9.53 Å². The molecule has 0 fully saturated rings. The number of para-hydroxylation sites is 1. The van der Waals surface area contributed by atoms with Gasteiger partial charge in [-0.2, -0.15) is 0 Å². The number of hydrogen-bond donors (Lipinski definition) is 0. The molecule has 0 saturated heterocycles. The van der Waals surface area contributed by atoms with E-state index in [0.29, 0.717) is 31.4 Å². The van der Waals surface area contributed by atoms with Gasteiger partial charge in [-0.3, -0.25) is 9.36 Å². The van der Waals surface area contributed by atoms with Crippen molar-refractivity contribution < 1.29 is 18.3 Å². The molecule has 4 heterocycles. The van der Waals surface area contributed by atoms with Crippen LogP contribution in [0.2, 0.25) is 0 Å². The van der Waals surface area contributed by atoms with Gasteiger partial charge >= 0.3 is 5.97 Å². The van der Waals surface area contributed by atoms with Gasteiger partial charge in [0.1, 0.15) is 11.6 Å². The van der Waals surface area contributed by atoms with E-state index >= 15 is 0 Å². The third kappa shape index (κ3) is 4.88. The number of nitrogens with zero attached hydrogens (tertiary/aromatic N) is 3. The fourth-order valence-electron chi connectivity index (χ4n) is 4.33. The van der Waals surface area contributed by atoms with Gasteiger partial charge in [0, 0.05) is 6.08 Å². The zero-order valence-electron chi connectivity index (χ0n) is 20.7. The van der Waals surface area contributed by atoms with Crippen LogP contribution in [-0.4, -0.2) is 22.1 Å². The minimum atomic E-state index is -0.801. The molecule has 0 bridgehead atoms. The molecule has 1 aliphatic rings. The Bertz CT molecular complexity index is 1900. The summed E-state index contributed by atoms with van der Waals surface area (Å²) in [6, 6.07) is 16.5. The van der Waals surface area contributed by atoms with Crippen LogP contribution in [0.3, 0.4) is 0 Å². The van der Waals surface area contributed by atoms with Gasteiger partial charge in [-0.1, -0.05) is 35.6 Å². The van der Waals surface area contributed by atoms with E-state index in [2.05, 4.69) is 9.98 Å². The van der Waals surface area contributed by atoms with Gasteiger partial charge in [0.15, 0.2) is 14.2 Å². The average Bonchev–Trinajstić information content (AvgIpc) is 3.61. The van der Waals surface area contributed by atoms with Crippen LogP contribution < -0.4 is 14.9 Å². The summed E-state index contributed by atoms with van der Waals surface area (Å²) in [7, 11) is 0. The Kier molecular flexibility index (Phi) is 6.79. The summed E-state index contributed by atoms with van der Waals surface area (Å²) in [5.74, 6) is -0.477. The topological polar surface area (TPSA) is 86.7 Å². The number of benzene rings is 2. The second kappa shape index (κ2) is 10.4. The zero-order valence-corrected chi connectivity index (χ0v) is 23.2. The molecule has 5 aromatic rings. The van der Waals surface area contributed by atoms with Crippen molar-refractivity contribution in [3.05, 3.63) is 109 Å². The van der Waals surface area contributed by atoms with E-state index in [9.17, 15) is 14.0 Å². The molecule has 11 heteroatoms. The molecule has 3 aromatic heterocycles. The number of carbonyl (C=O) groups is 1. The Morgan fingerprint density at radius 2 is 1.95 bits per heavy atom. The molecule has 1 aliphatic heterocycles. The molecule has 0 N–H and O–H groups in total. The molecule has 6 rings (SSSR count). The van der Waals surface area contributed by atoms with E-state index in [0.717, 1.165) is 14.6 Å². The number of allylic oxidation sites excluding steroid dienone is 1. The van der Waals surface area contributed by atoms with E-state index in [4.69, 9.17) is 9.15 Å². The number of rotatable bonds is 6. The normalized spacial score (nSPS) is 15.5. The molecule has 0 saturated carbocycles. The van der Waals surface area contributed by atoms with Gasteiger partial charge < -0.3 is 9.15 Å². The van der Waals surface area contributed by atoms with Gasteiger partial charge in [0.25, 0.3) is 5.56 Å². The fraction of sp³-hybridized carbons (Fsp3) is 0.143.